The molecule has 0 saturated heterocycles. The maximum atomic E-state index is 12.5. The van der Waals surface area contributed by atoms with Gasteiger partial charge in [-0.1, -0.05) is 32.0 Å². The van der Waals surface area contributed by atoms with E-state index in [1.54, 1.807) is 5.38 Å². The number of benzene rings is 1. The van der Waals surface area contributed by atoms with Crippen molar-refractivity contribution in [3.63, 3.8) is 0 Å². The zero-order chi connectivity index (χ0) is 16.8. The highest BCUT2D eigenvalue weighted by atomic mass is 32.2. The van der Waals surface area contributed by atoms with Gasteiger partial charge in [0.15, 0.2) is 5.13 Å². The summed E-state index contributed by atoms with van der Waals surface area (Å²) in [5.74, 6) is -0.355. The second kappa shape index (κ2) is 8.12. The van der Waals surface area contributed by atoms with E-state index in [2.05, 4.69) is 10.3 Å². The molecule has 0 aliphatic heterocycles. The molecule has 1 aromatic heterocycles. The van der Waals surface area contributed by atoms with Gasteiger partial charge in [-0.25, -0.2) is 4.98 Å². The van der Waals surface area contributed by atoms with Crippen molar-refractivity contribution in [1.82, 2.24) is 4.98 Å². The van der Waals surface area contributed by atoms with Gasteiger partial charge in [-0.3, -0.25) is 9.59 Å². The third-order valence-corrected chi connectivity index (χ3v) is 5.37. The topological polar surface area (TPSA) is 85.1 Å². The zero-order valence-electron chi connectivity index (χ0n) is 13.0. The minimum absolute atomic E-state index is 0.0821. The molecule has 0 radical (unpaired) electrons. The third kappa shape index (κ3) is 5.37. The van der Waals surface area contributed by atoms with Crippen molar-refractivity contribution in [3.05, 3.63) is 41.4 Å². The lowest BCUT2D eigenvalue weighted by Gasteiger charge is -2.19. The van der Waals surface area contributed by atoms with Crippen LogP contribution in [0.5, 0.6) is 0 Å². The summed E-state index contributed by atoms with van der Waals surface area (Å²) in [5, 5.41) is 4.83. The quantitative estimate of drug-likeness (QED) is 0.753. The Morgan fingerprint density at radius 3 is 2.61 bits per heavy atom. The van der Waals surface area contributed by atoms with Crippen LogP contribution in [0, 0.1) is 5.92 Å². The standard InChI is InChI=1S/C16H19N3O2S2/c1-10(2)14(23-12-6-4-3-5-7-12)15(21)19-16-18-11(9-22-16)8-13(17)20/h3-7,9-10,14H,8H2,1-2H3,(H2,17,20)(H,18,19,21). The van der Waals surface area contributed by atoms with Crippen molar-refractivity contribution >= 4 is 40.0 Å². The fourth-order valence-corrected chi connectivity index (χ4v) is 3.70. The summed E-state index contributed by atoms with van der Waals surface area (Å²) in [5.41, 5.74) is 5.72. The Balaban J connectivity index is 2.03. The maximum Gasteiger partial charge on any atom is 0.239 e. The van der Waals surface area contributed by atoms with Gasteiger partial charge < -0.3 is 11.1 Å². The Labute approximate surface area is 143 Å². The molecular formula is C16H19N3O2S2. The molecule has 3 N–H and O–H groups in total. The number of amides is 2. The number of hydrogen-bond donors (Lipinski definition) is 2. The largest absolute Gasteiger partial charge is 0.369 e. The first-order chi connectivity index (χ1) is 11.0. The van der Waals surface area contributed by atoms with Crippen molar-refractivity contribution in [2.75, 3.05) is 5.32 Å². The molecule has 5 nitrogen and oxygen atoms in total. The summed E-state index contributed by atoms with van der Waals surface area (Å²) < 4.78 is 0. The smallest absolute Gasteiger partial charge is 0.239 e. The van der Waals surface area contributed by atoms with Gasteiger partial charge in [0.05, 0.1) is 17.4 Å². The predicted molar refractivity (Wildman–Crippen MR) is 94.6 cm³/mol. The Kier molecular flexibility index (Phi) is 6.18. The SMILES string of the molecule is CC(C)C(Sc1ccccc1)C(=O)Nc1nc(CC(N)=O)cs1. The van der Waals surface area contributed by atoms with Crippen molar-refractivity contribution in [3.8, 4) is 0 Å². The molecule has 0 bridgehead atoms. The summed E-state index contributed by atoms with van der Waals surface area (Å²) in [6.45, 7) is 4.03. The molecule has 1 aromatic carbocycles. The number of carbonyl (C=O) groups excluding carboxylic acids is 2. The molecule has 7 heteroatoms. The summed E-state index contributed by atoms with van der Waals surface area (Å²) in [4.78, 5) is 28.7. The summed E-state index contributed by atoms with van der Waals surface area (Å²) in [6, 6.07) is 9.83. The third-order valence-electron chi connectivity index (χ3n) is 3.01. The van der Waals surface area contributed by atoms with Crippen molar-refractivity contribution in [1.29, 1.82) is 0 Å². The lowest BCUT2D eigenvalue weighted by Crippen LogP contribution is -2.29. The van der Waals surface area contributed by atoms with Gasteiger partial charge in [-0.15, -0.1) is 23.1 Å². The van der Waals surface area contributed by atoms with Crippen LogP contribution in [-0.4, -0.2) is 22.0 Å². The van der Waals surface area contributed by atoms with E-state index in [4.69, 9.17) is 5.73 Å². The number of nitrogens with one attached hydrogen (secondary N) is 1. The first-order valence-electron chi connectivity index (χ1n) is 7.21. The molecular weight excluding hydrogens is 330 g/mol. The second-order valence-corrected chi connectivity index (χ2v) is 7.44. The number of nitrogens with two attached hydrogens (primary N) is 1. The van der Waals surface area contributed by atoms with E-state index in [0.717, 1.165) is 4.90 Å². The lowest BCUT2D eigenvalue weighted by atomic mass is 10.1. The van der Waals surface area contributed by atoms with E-state index in [1.165, 1.54) is 23.1 Å². The van der Waals surface area contributed by atoms with Gasteiger partial charge in [0, 0.05) is 10.3 Å². The van der Waals surface area contributed by atoms with E-state index in [9.17, 15) is 9.59 Å². The molecule has 1 atom stereocenters. The van der Waals surface area contributed by atoms with Gasteiger partial charge in [0.25, 0.3) is 0 Å². The van der Waals surface area contributed by atoms with Gasteiger partial charge in [-0.05, 0) is 18.1 Å². The molecule has 0 saturated carbocycles. The highest BCUT2D eigenvalue weighted by Gasteiger charge is 2.24. The first-order valence-corrected chi connectivity index (χ1v) is 8.97. The molecule has 2 rings (SSSR count). The number of aromatic nitrogens is 1. The number of thiazole rings is 1. The molecule has 122 valence electrons. The number of rotatable bonds is 7. The monoisotopic (exact) mass is 349 g/mol. The minimum Gasteiger partial charge on any atom is -0.369 e. The van der Waals surface area contributed by atoms with Crippen LogP contribution in [0.15, 0.2) is 40.6 Å². The van der Waals surface area contributed by atoms with Gasteiger partial charge in [0.2, 0.25) is 11.8 Å². The minimum atomic E-state index is -0.437. The molecule has 0 spiro atoms. The number of anilines is 1. The van der Waals surface area contributed by atoms with E-state index < -0.39 is 5.91 Å². The zero-order valence-corrected chi connectivity index (χ0v) is 14.6. The first kappa shape index (κ1) is 17.5. The molecule has 0 aliphatic rings. The molecule has 23 heavy (non-hydrogen) atoms. The molecule has 0 fully saturated rings. The molecule has 2 amide bonds. The Hall–Kier alpha value is -1.86. The highest BCUT2D eigenvalue weighted by Crippen LogP contribution is 2.29. The number of primary amides is 1. The van der Waals surface area contributed by atoms with Crippen molar-refractivity contribution in [2.45, 2.75) is 30.4 Å². The van der Waals surface area contributed by atoms with Crippen LogP contribution in [0.2, 0.25) is 0 Å². The van der Waals surface area contributed by atoms with E-state index in [0.29, 0.717) is 10.8 Å². The Morgan fingerprint density at radius 1 is 1.30 bits per heavy atom. The molecule has 1 unspecified atom stereocenters. The number of nitrogens with zero attached hydrogens (tertiary/aromatic N) is 1. The highest BCUT2D eigenvalue weighted by molar-refractivity contribution is 8.00. The van der Waals surface area contributed by atoms with E-state index in [1.807, 2.05) is 44.2 Å². The van der Waals surface area contributed by atoms with Crippen molar-refractivity contribution < 1.29 is 9.59 Å². The van der Waals surface area contributed by atoms with E-state index in [-0.39, 0.29) is 23.5 Å². The van der Waals surface area contributed by atoms with Gasteiger partial charge in [-0.2, -0.15) is 0 Å². The summed E-state index contributed by atoms with van der Waals surface area (Å²) >= 11 is 2.83. The molecule has 1 heterocycles. The normalized spacial score (nSPS) is 12.1. The summed E-state index contributed by atoms with van der Waals surface area (Å²) in [6.07, 6.45) is 0.0821. The fraction of sp³-hybridized carbons (Fsp3) is 0.312. The van der Waals surface area contributed by atoms with Crippen LogP contribution in [0.3, 0.4) is 0 Å². The van der Waals surface area contributed by atoms with Crippen LogP contribution in [0.25, 0.3) is 0 Å². The van der Waals surface area contributed by atoms with Crippen LogP contribution in [0.4, 0.5) is 5.13 Å². The second-order valence-electron chi connectivity index (χ2n) is 5.37. The van der Waals surface area contributed by atoms with Gasteiger partial charge >= 0.3 is 0 Å². The maximum absolute atomic E-state index is 12.5. The average Bonchev–Trinajstić information content (AvgIpc) is 2.91. The fourth-order valence-electron chi connectivity index (χ4n) is 1.94. The van der Waals surface area contributed by atoms with Crippen LogP contribution in [-0.2, 0) is 16.0 Å². The summed E-state index contributed by atoms with van der Waals surface area (Å²) in [7, 11) is 0. The average molecular weight is 349 g/mol. The lowest BCUT2D eigenvalue weighted by molar-refractivity contribution is -0.117. The van der Waals surface area contributed by atoms with Crippen LogP contribution < -0.4 is 11.1 Å². The molecule has 0 aliphatic carbocycles. The number of carbonyl (C=O) groups is 2. The predicted octanol–water partition coefficient (Wildman–Crippen LogP) is 2.93. The molecule has 2 aromatic rings. The van der Waals surface area contributed by atoms with Crippen molar-refractivity contribution in [2.24, 2.45) is 11.7 Å². The van der Waals surface area contributed by atoms with E-state index >= 15 is 0 Å². The van der Waals surface area contributed by atoms with Crippen LogP contribution >= 0.6 is 23.1 Å². The van der Waals surface area contributed by atoms with Gasteiger partial charge in [0.1, 0.15) is 0 Å². The number of thioether (sulfide) groups is 1. The Bertz CT molecular complexity index is 671. The Morgan fingerprint density at radius 2 is 2.00 bits per heavy atom. The van der Waals surface area contributed by atoms with Crippen LogP contribution in [0.1, 0.15) is 19.5 Å². The number of hydrogen-bond acceptors (Lipinski definition) is 5.